The number of hydrogen-bond donors (Lipinski definition) is 0. The second-order valence-corrected chi connectivity index (χ2v) is 7.63. The van der Waals surface area contributed by atoms with E-state index in [0.717, 1.165) is 12.1 Å². The van der Waals surface area contributed by atoms with Crippen LogP contribution in [0.1, 0.15) is 29.8 Å². The fourth-order valence-corrected chi connectivity index (χ4v) is 4.17. The molecule has 0 unspecified atom stereocenters. The molecule has 0 saturated heterocycles. The Morgan fingerprint density at radius 1 is 1.09 bits per heavy atom. The van der Waals surface area contributed by atoms with Crippen LogP contribution in [0.25, 0.3) is 10.2 Å². The number of imide groups is 1. The van der Waals surface area contributed by atoms with Crippen molar-refractivity contribution in [3.05, 3.63) is 56.9 Å². The number of carbonyl (C=O) groups excluding carboxylic acids is 3. The molecule has 2 amide bonds. The fraction of sp³-hybridized carbons (Fsp3) is 0.273. The molecule has 174 valence electrons. The molecule has 0 aliphatic heterocycles. The third-order valence-corrected chi connectivity index (χ3v) is 5.81. The molecule has 3 rings (SSSR count). The van der Waals surface area contributed by atoms with Crippen LogP contribution < -0.4 is 15.2 Å². The molecule has 0 spiro atoms. The summed E-state index contributed by atoms with van der Waals surface area (Å²) in [4.78, 5) is 52.8. The lowest BCUT2D eigenvalue weighted by Gasteiger charge is -2.21. The van der Waals surface area contributed by atoms with Crippen molar-refractivity contribution in [2.75, 3.05) is 18.1 Å². The lowest BCUT2D eigenvalue weighted by molar-refractivity contribution is 0.0952. The van der Waals surface area contributed by atoms with E-state index in [2.05, 4.69) is 0 Å². The maximum atomic E-state index is 13.6. The first kappa shape index (κ1) is 23.9. The number of rotatable bonds is 5. The standard InChI is InChI=1S/C22H21FN2O7S/c1-5-30-21(28)25(14-9-7-13(23)8-10-14)19(27)16-17(32-22(29)31-6-2)15-12(3)11-33-20(15)24(4)18(16)26/h7-11H,5-6H2,1-4H3. The van der Waals surface area contributed by atoms with E-state index in [4.69, 9.17) is 14.2 Å². The Morgan fingerprint density at radius 3 is 2.33 bits per heavy atom. The number of benzene rings is 1. The Morgan fingerprint density at radius 2 is 1.73 bits per heavy atom. The van der Waals surface area contributed by atoms with Crippen molar-refractivity contribution in [1.82, 2.24) is 4.57 Å². The molecule has 0 fully saturated rings. The highest BCUT2D eigenvalue weighted by Crippen LogP contribution is 2.36. The van der Waals surface area contributed by atoms with Crippen molar-refractivity contribution in [2.24, 2.45) is 7.05 Å². The predicted octanol–water partition coefficient (Wildman–Crippen LogP) is 4.39. The van der Waals surface area contributed by atoms with Gasteiger partial charge in [0, 0.05) is 7.05 Å². The van der Waals surface area contributed by atoms with Gasteiger partial charge in [-0.25, -0.2) is 18.9 Å². The van der Waals surface area contributed by atoms with Gasteiger partial charge in [0.25, 0.3) is 11.5 Å². The molecule has 0 saturated carbocycles. The third-order valence-electron chi connectivity index (χ3n) is 4.63. The summed E-state index contributed by atoms with van der Waals surface area (Å²) in [5, 5.41) is 2.08. The molecule has 0 aliphatic rings. The van der Waals surface area contributed by atoms with Crippen molar-refractivity contribution >= 4 is 45.4 Å². The zero-order chi connectivity index (χ0) is 24.3. The van der Waals surface area contributed by atoms with Crippen molar-refractivity contribution in [1.29, 1.82) is 0 Å². The van der Waals surface area contributed by atoms with Gasteiger partial charge >= 0.3 is 12.2 Å². The van der Waals surface area contributed by atoms with Gasteiger partial charge in [0.2, 0.25) is 0 Å². The van der Waals surface area contributed by atoms with Crippen LogP contribution in [-0.4, -0.2) is 35.9 Å². The maximum Gasteiger partial charge on any atom is 0.513 e. The fourth-order valence-electron chi connectivity index (χ4n) is 3.15. The highest BCUT2D eigenvalue weighted by Gasteiger charge is 2.34. The second kappa shape index (κ2) is 9.82. The van der Waals surface area contributed by atoms with Crippen molar-refractivity contribution < 1.29 is 33.0 Å². The van der Waals surface area contributed by atoms with Crippen LogP contribution in [0.5, 0.6) is 5.75 Å². The molecule has 1 aromatic carbocycles. The number of ether oxygens (including phenoxy) is 3. The summed E-state index contributed by atoms with van der Waals surface area (Å²) in [7, 11) is 1.46. The summed E-state index contributed by atoms with van der Waals surface area (Å²) < 4.78 is 29.8. The number of nitrogens with zero attached hydrogens (tertiary/aromatic N) is 2. The van der Waals surface area contributed by atoms with E-state index in [0.29, 0.717) is 20.7 Å². The molecule has 11 heteroatoms. The van der Waals surface area contributed by atoms with Crippen molar-refractivity contribution in [2.45, 2.75) is 20.8 Å². The van der Waals surface area contributed by atoms with Crippen molar-refractivity contribution in [3.63, 3.8) is 0 Å². The molecule has 0 aliphatic carbocycles. The van der Waals surface area contributed by atoms with E-state index >= 15 is 0 Å². The summed E-state index contributed by atoms with van der Waals surface area (Å²) in [6, 6.07) is 4.48. The van der Waals surface area contributed by atoms with Gasteiger partial charge in [-0.1, -0.05) is 0 Å². The number of aromatic nitrogens is 1. The van der Waals surface area contributed by atoms with Gasteiger partial charge in [0.1, 0.15) is 16.2 Å². The molecule has 0 bridgehead atoms. The van der Waals surface area contributed by atoms with E-state index in [1.807, 2.05) is 0 Å². The minimum atomic E-state index is -1.11. The van der Waals surface area contributed by atoms with Gasteiger partial charge in [-0.2, -0.15) is 0 Å². The number of fused-ring (bicyclic) bond motifs is 1. The second-order valence-electron chi connectivity index (χ2n) is 6.77. The number of amides is 2. The zero-order valence-corrected chi connectivity index (χ0v) is 19.2. The Kier molecular flexibility index (Phi) is 7.12. The van der Waals surface area contributed by atoms with Crippen LogP contribution >= 0.6 is 11.3 Å². The van der Waals surface area contributed by atoms with Gasteiger partial charge in [0.15, 0.2) is 5.75 Å². The van der Waals surface area contributed by atoms with E-state index in [1.54, 1.807) is 26.2 Å². The van der Waals surface area contributed by atoms with E-state index < -0.39 is 35.1 Å². The normalized spacial score (nSPS) is 10.7. The summed E-state index contributed by atoms with van der Waals surface area (Å²) in [5.41, 5.74) is -0.767. The highest BCUT2D eigenvalue weighted by atomic mass is 32.1. The van der Waals surface area contributed by atoms with E-state index in [1.165, 1.54) is 35.1 Å². The third kappa shape index (κ3) is 4.58. The number of hydrogen-bond acceptors (Lipinski definition) is 8. The van der Waals surface area contributed by atoms with Crippen LogP contribution in [0, 0.1) is 12.7 Å². The quantitative estimate of drug-likeness (QED) is 0.503. The Hall–Kier alpha value is -3.73. The first-order valence-corrected chi connectivity index (χ1v) is 10.8. The Balaban J connectivity index is 2.29. The van der Waals surface area contributed by atoms with Crippen LogP contribution in [0.4, 0.5) is 19.7 Å². The smallest absolute Gasteiger partial charge is 0.449 e. The topological polar surface area (TPSA) is 104 Å². The largest absolute Gasteiger partial charge is 0.513 e. The number of pyridine rings is 1. The summed E-state index contributed by atoms with van der Waals surface area (Å²) in [6.45, 7) is 4.78. The minimum Gasteiger partial charge on any atom is -0.449 e. The van der Waals surface area contributed by atoms with Gasteiger partial charge in [-0.3, -0.25) is 9.59 Å². The summed E-state index contributed by atoms with van der Waals surface area (Å²) >= 11 is 1.22. The predicted molar refractivity (Wildman–Crippen MR) is 120 cm³/mol. The van der Waals surface area contributed by atoms with Gasteiger partial charge < -0.3 is 18.8 Å². The molecule has 0 radical (unpaired) electrons. The summed E-state index contributed by atoms with van der Waals surface area (Å²) in [5.74, 6) is -2.02. The average molecular weight is 476 g/mol. The molecule has 9 nitrogen and oxygen atoms in total. The van der Waals surface area contributed by atoms with Crippen LogP contribution in [0.2, 0.25) is 0 Å². The lowest BCUT2D eigenvalue weighted by atomic mass is 10.1. The maximum absolute atomic E-state index is 13.6. The highest BCUT2D eigenvalue weighted by molar-refractivity contribution is 7.17. The molecule has 2 heterocycles. The van der Waals surface area contributed by atoms with E-state index in [-0.39, 0.29) is 24.7 Å². The van der Waals surface area contributed by atoms with Gasteiger partial charge in [-0.15, -0.1) is 11.3 Å². The molecule has 2 aromatic heterocycles. The first-order chi connectivity index (χ1) is 15.7. The SMILES string of the molecule is CCOC(=O)Oc1c(C(=O)N(C(=O)OCC)c2ccc(F)cc2)c(=O)n(C)c2scc(C)c12. The molecule has 3 aromatic rings. The average Bonchev–Trinajstić information content (AvgIpc) is 3.15. The van der Waals surface area contributed by atoms with Gasteiger partial charge in [0.05, 0.1) is 24.3 Å². The monoisotopic (exact) mass is 476 g/mol. The molecular formula is C22H21FN2O7S. The first-order valence-electron chi connectivity index (χ1n) is 9.93. The molecule has 0 N–H and O–H groups in total. The molecular weight excluding hydrogens is 455 g/mol. The Labute approximate surface area is 191 Å². The van der Waals surface area contributed by atoms with Crippen molar-refractivity contribution in [3.8, 4) is 5.75 Å². The van der Waals surface area contributed by atoms with Crippen LogP contribution in [0.15, 0.2) is 34.4 Å². The Bertz CT molecular complexity index is 1280. The number of halogens is 1. The van der Waals surface area contributed by atoms with Crippen LogP contribution in [0.3, 0.4) is 0 Å². The molecule has 33 heavy (non-hydrogen) atoms. The minimum absolute atomic E-state index is 0.00322. The number of thiophene rings is 1. The number of aryl methyl sites for hydroxylation is 2. The van der Waals surface area contributed by atoms with E-state index in [9.17, 15) is 23.6 Å². The number of anilines is 1. The number of carbonyl (C=O) groups is 3. The summed E-state index contributed by atoms with van der Waals surface area (Å²) in [6.07, 6.45) is -2.20. The molecule has 0 atom stereocenters. The lowest BCUT2D eigenvalue weighted by Crippen LogP contribution is -2.41. The zero-order valence-electron chi connectivity index (χ0n) is 18.3. The van der Waals surface area contributed by atoms with Crippen LogP contribution in [-0.2, 0) is 16.5 Å². The van der Waals surface area contributed by atoms with Gasteiger partial charge in [-0.05, 0) is 56.0 Å².